The SMILES string of the molecule is N#CC1C2C3C(C#N)C3C3C(C#N)C3C12. The highest BCUT2D eigenvalue weighted by atomic mass is 14.8. The van der Waals surface area contributed by atoms with Crippen molar-refractivity contribution in [2.45, 2.75) is 0 Å². The third kappa shape index (κ3) is 0.633. The summed E-state index contributed by atoms with van der Waals surface area (Å²) in [6, 6.07) is 7.10. The predicted molar refractivity (Wildman–Crippen MR) is 48.2 cm³/mol. The van der Waals surface area contributed by atoms with E-state index in [4.69, 9.17) is 15.8 Å². The minimum atomic E-state index is 0.171. The molecule has 0 unspecified atom stereocenters. The molecule has 0 bridgehead atoms. The lowest BCUT2D eigenvalue weighted by Gasteiger charge is -2.02. The van der Waals surface area contributed by atoms with Crippen molar-refractivity contribution >= 4 is 0 Å². The maximum Gasteiger partial charge on any atom is 0.0662 e. The molecule has 0 amide bonds. The van der Waals surface area contributed by atoms with Crippen molar-refractivity contribution in [3.05, 3.63) is 0 Å². The molecule has 0 aromatic carbocycles. The topological polar surface area (TPSA) is 71.4 Å². The number of hydrogen-bond donors (Lipinski definition) is 0. The fourth-order valence-corrected chi connectivity index (χ4v) is 4.57. The van der Waals surface area contributed by atoms with E-state index in [1.54, 1.807) is 0 Å². The molecule has 0 N–H and O–H groups in total. The number of hydrogen-bond acceptors (Lipinski definition) is 3. The van der Waals surface area contributed by atoms with Crippen molar-refractivity contribution in [3.8, 4) is 18.2 Å². The average molecular weight is 195 g/mol. The van der Waals surface area contributed by atoms with Gasteiger partial charge in [0.25, 0.3) is 0 Å². The number of nitriles is 3. The van der Waals surface area contributed by atoms with E-state index in [0.717, 1.165) is 0 Å². The van der Waals surface area contributed by atoms with Crippen LogP contribution in [0.25, 0.3) is 0 Å². The fraction of sp³-hybridized carbons (Fsp3) is 0.750. The largest absolute Gasteiger partial charge is 0.198 e. The monoisotopic (exact) mass is 195 g/mol. The molecule has 0 aliphatic heterocycles. The maximum atomic E-state index is 9.01. The van der Waals surface area contributed by atoms with Crippen molar-refractivity contribution in [1.82, 2.24) is 0 Å². The van der Waals surface area contributed by atoms with Gasteiger partial charge in [-0.25, -0.2) is 0 Å². The van der Waals surface area contributed by atoms with Crippen LogP contribution >= 0.6 is 0 Å². The molecular weight excluding hydrogens is 186 g/mol. The minimum absolute atomic E-state index is 0.171. The molecule has 3 heteroatoms. The van der Waals surface area contributed by atoms with Crippen molar-refractivity contribution < 1.29 is 0 Å². The van der Waals surface area contributed by atoms with Crippen LogP contribution in [0.4, 0.5) is 0 Å². The van der Waals surface area contributed by atoms with Gasteiger partial charge in [0.05, 0.1) is 36.0 Å². The second-order valence-electron chi connectivity index (χ2n) is 5.43. The molecule has 0 saturated heterocycles. The Morgan fingerprint density at radius 2 is 0.667 bits per heavy atom. The zero-order chi connectivity index (χ0) is 10.3. The Hall–Kier alpha value is -1.53. The molecule has 4 aliphatic carbocycles. The summed E-state index contributed by atoms with van der Waals surface area (Å²) in [5.41, 5.74) is 0. The van der Waals surface area contributed by atoms with Gasteiger partial charge >= 0.3 is 0 Å². The zero-order valence-electron chi connectivity index (χ0n) is 8.04. The molecule has 0 spiro atoms. The molecule has 0 aromatic heterocycles. The Bertz CT molecular complexity index is 369. The Kier molecular flexibility index (Phi) is 1.04. The van der Waals surface area contributed by atoms with Crippen LogP contribution < -0.4 is 0 Å². The number of nitrogens with zero attached hydrogens (tertiary/aromatic N) is 3. The van der Waals surface area contributed by atoms with E-state index < -0.39 is 0 Å². The fourth-order valence-electron chi connectivity index (χ4n) is 4.57. The van der Waals surface area contributed by atoms with Gasteiger partial charge in [-0.2, -0.15) is 15.8 Å². The van der Waals surface area contributed by atoms with Crippen LogP contribution in [-0.4, -0.2) is 0 Å². The average Bonchev–Trinajstić information content (AvgIpc) is 3.11. The third-order valence-corrected chi connectivity index (χ3v) is 5.18. The molecule has 4 fully saturated rings. The van der Waals surface area contributed by atoms with E-state index in [0.29, 0.717) is 35.5 Å². The van der Waals surface area contributed by atoms with E-state index >= 15 is 0 Å². The summed E-state index contributed by atoms with van der Waals surface area (Å²) in [5.74, 6) is 3.37. The minimum Gasteiger partial charge on any atom is -0.198 e. The van der Waals surface area contributed by atoms with Crippen LogP contribution in [0.5, 0.6) is 0 Å². The van der Waals surface area contributed by atoms with Gasteiger partial charge in [-0.1, -0.05) is 0 Å². The standard InChI is InChI=1S/C12H9N3/c13-1-4-7-8(4)10-6(3-15)12(10)11-5(2-14)9(7)11/h4-12H. The highest BCUT2D eigenvalue weighted by molar-refractivity contribution is 5.36. The van der Waals surface area contributed by atoms with E-state index in [-0.39, 0.29) is 17.8 Å². The van der Waals surface area contributed by atoms with Crippen LogP contribution in [0.2, 0.25) is 0 Å². The lowest BCUT2D eigenvalue weighted by Crippen LogP contribution is -2.00. The highest BCUT2D eigenvalue weighted by Crippen LogP contribution is 2.82. The highest BCUT2D eigenvalue weighted by Gasteiger charge is 2.83. The van der Waals surface area contributed by atoms with E-state index in [1.807, 2.05) is 0 Å². The third-order valence-electron chi connectivity index (χ3n) is 5.18. The molecule has 0 aromatic rings. The van der Waals surface area contributed by atoms with Crippen molar-refractivity contribution in [2.24, 2.45) is 53.3 Å². The normalized spacial score (nSPS) is 65.8. The molecule has 4 saturated carbocycles. The summed E-state index contributed by atoms with van der Waals surface area (Å²) in [5, 5.41) is 27.0. The first kappa shape index (κ1) is 7.72. The Morgan fingerprint density at radius 1 is 0.467 bits per heavy atom. The Morgan fingerprint density at radius 3 is 0.800 bits per heavy atom. The van der Waals surface area contributed by atoms with Crippen molar-refractivity contribution in [2.75, 3.05) is 0 Å². The van der Waals surface area contributed by atoms with Gasteiger partial charge in [-0.15, -0.1) is 0 Å². The van der Waals surface area contributed by atoms with Crippen molar-refractivity contribution in [3.63, 3.8) is 0 Å². The Labute approximate surface area is 87.9 Å². The van der Waals surface area contributed by atoms with Gasteiger partial charge in [0.2, 0.25) is 0 Å². The van der Waals surface area contributed by atoms with Crippen LogP contribution in [0.15, 0.2) is 0 Å². The molecule has 4 aliphatic rings. The summed E-state index contributed by atoms with van der Waals surface area (Å²) in [7, 11) is 0. The first-order valence-electron chi connectivity index (χ1n) is 5.54. The van der Waals surface area contributed by atoms with Crippen LogP contribution in [0.1, 0.15) is 0 Å². The quantitative estimate of drug-likeness (QED) is 0.582. The zero-order valence-corrected chi connectivity index (χ0v) is 8.04. The van der Waals surface area contributed by atoms with Crippen LogP contribution in [0, 0.1) is 87.3 Å². The molecular formula is C12H9N3. The first-order chi connectivity index (χ1) is 7.35. The van der Waals surface area contributed by atoms with Gasteiger partial charge in [-0.05, 0) is 35.5 Å². The molecule has 15 heavy (non-hydrogen) atoms. The summed E-state index contributed by atoms with van der Waals surface area (Å²) >= 11 is 0. The molecule has 72 valence electrons. The second kappa shape index (κ2) is 2.02. The smallest absolute Gasteiger partial charge is 0.0662 e. The first-order valence-corrected chi connectivity index (χ1v) is 5.54. The molecule has 0 radical (unpaired) electrons. The van der Waals surface area contributed by atoms with E-state index in [1.165, 1.54) is 0 Å². The van der Waals surface area contributed by atoms with Crippen LogP contribution in [0.3, 0.4) is 0 Å². The lowest BCUT2D eigenvalue weighted by molar-refractivity contribution is 0.434. The summed E-state index contributed by atoms with van der Waals surface area (Å²) in [4.78, 5) is 0. The number of fused-ring (bicyclic) bond motifs is 6. The second-order valence-corrected chi connectivity index (χ2v) is 5.43. The molecule has 0 heterocycles. The van der Waals surface area contributed by atoms with Gasteiger partial charge < -0.3 is 0 Å². The van der Waals surface area contributed by atoms with Crippen molar-refractivity contribution in [1.29, 1.82) is 15.8 Å². The summed E-state index contributed by atoms with van der Waals surface area (Å²) in [6.07, 6.45) is 0. The summed E-state index contributed by atoms with van der Waals surface area (Å²) in [6.45, 7) is 0. The molecule has 4 rings (SSSR count). The number of rotatable bonds is 0. The Balaban J connectivity index is 1.72. The van der Waals surface area contributed by atoms with Gasteiger partial charge in [-0.3, -0.25) is 0 Å². The molecule has 3 nitrogen and oxygen atoms in total. The van der Waals surface area contributed by atoms with Gasteiger partial charge in [0.15, 0.2) is 0 Å². The predicted octanol–water partition coefficient (Wildman–Crippen LogP) is 1.16. The molecule has 0 atom stereocenters. The van der Waals surface area contributed by atoms with E-state index in [2.05, 4.69) is 18.2 Å². The van der Waals surface area contributed by atoms with Gasteiger partial charge in [0, 0.05) is 0 Å². The van der Waals surface area contributed by atoms with E-state index in [9.17, 15) is 0 Å². The summed E-state index contributed by atoms with van der Waals surface area (Å²) < 4.78 is 0. The van der Waals surface area contributed by atoms with Gasteiger partial charge in [0.1, 0.15) is 0 Å². The maximum absolute atomic E-state index is 9.01. The lowest BCUT2D eigenvalue weighted by atomic mass is 10.0. The van der Waals surface area contributed by atoms with Crippen LogP contribution in [-0.2, 0) is 0 Å².